The largest absolute Gasteiger partial charge is 0.491 e. The van der Waals surface area contributed by atoms with E-state index >= 15 is 0 Å². The number of pyridine rings is 2. The van der Waals surface area contributed by atoms with Gasteiger partial charge in [0.25, 0.3) is 0 Å². The molecule has 1 aromatic carbocycles. The maximum absolute atomic E-state index is 5.89. The highest BCUT2D eigenvalue weighted by Gasteiger charge is 2.19. The summed E-state index contributed by atoms with van der Waals surface area (Å²) in [6, 6.07) is 10.3. The first-order valence-electron chi connectivity index (χ1n) is 12.5. The summed E-state index contributed by atoms with van der Waals surface area (Å²) in [7, 11) is 4.06. The smallest absolute Gasteiger partial charge is 0.159 e. The number of fused-ring (bicyclic) bond motifs is 2. The molecule has 9 nitrogen and oxygen atoms in total. The number of aromatic amines is 2. The van der Waals surface area contributed by atoms with Gasteiger partial charge < -0.3 is 19.5 Å². The minimum absolute atomic E-state index is 0.614. The van der Waals surface area contributed by atoms with E-state index in [9.17, 15) is 0 Å². The number of benzene rings is 1. The van der Waals surface area contributed by atoms with Crippen molar-refractivity contribution in [3.63, 3.8) is 0 Å². The first kappa shape index (κ1) is 22.5. The van der Waals surface area contributed by atoms with E-state index in [1.54, 1.807) is 6.20 Å². The van der Waals surface area contributed by atoms with Crippen molar-refractivity contribution in [3.8, 4) is 28.4 Å². The van der Waals surface area contributed by atoms with Gasteiger partial charge in [0.15, 0.2) is 11.6 Å². The number of likely N-dealkylation sites (N-methyl/N-ethyl adjacent to an activating group) is 1. The fraction of sp³-hybridized carbons (Fsp3) is 0.333. The fourth-order valence-electron chi connectivity index (χ4n) is 4.75. The highest BCUT2D eigenvalue weighted by Crippen LogP contribution is 2.33. The lowest BCUT2D eigenvalue weighted by Crippen LogP contribution is -2.30. The van der Waals surface area contributed by atoms with Crippen LogP contribution in [0.2, 0.25) is 0 Å². The number of piperidine rings is 1. The molecule has 0 bridgehead atoms. The maximum atomic E-state index is 5.89. The molecule has 184 valence electrons. The molecular weight excluding hydrogens is 452 g/mol. The molecular formula is C27H30N8O. The molecule has 1 aliphatic rings. The Morgan fingerprint density at radius 1 is 1.00 bits per heavy atom. The molecule has 0 radical (unpaired) electrons. The van der Waals surface area contributed by atoms with E-state index in [0.29, 0.717) is 6.61 Å². The number of anilines is 1. The third-order valence-corrected chi connectivity index (χ3v) is 6.68. The predicted octanol–water partition coefficient (Wildman–Crippen LogP) is 4.49. The molecule has 1 aliphatic heterocycles. The summed E-state index contributed by atoms with van der Waals surface area (Å²) < 4.78 is 5.89. The first-order chi connectivity index (χ1) is 17.7. The molecule has 0 atom stereocenters. The number of hydrogen-bond acceptors (Lipinski definition) is 7. The van der Waals surface area contributed by atoms with Gasteiger partial charge in [0.2, 0.25) is 0 Å². The molecule has 0 amide bonds. The Morgan fingerprint density at radius 3 is 2.75 bits per heavy atom. The lowest BCUT2D eigenvalue weighted by atomic mass is 10.0. The van der Waals surface area contributed by atoms with Crippen LogP contribution in [-0.4, -0.2) is 75.4 Å². The highest BCUT2D eigenvalue weighted by molar-refractivity contribution is 5.97. The standard InChI is InChI=1S/C27H30N8O/c1-34(2)12-13-36-20-14-19(16-28-17-20)18-6-7-22-21(15-18)24(33-32-22)26-30-23-8-9-29-27(25(23)31-26)35-10-4-3-5-11-35/h6-9,14-17H,3-5,10-13H2,1-2H3,(H,30,31)(H,32,33). The highest BCUT2D eigenvalue weighted by atomic mass is 16.5. The van der Waals surface area contributed by atoms with Crippen LogP contribution < -0.4 is 9.64 Å². The Balaban J connectivity index is 1.34. The SMILES string of the molecule is CN(C)CCOc1cncc(-c2ccc3[nH]nc(-c4nc5c(N6CCCCC6)nccc5[nH]4)c3c2)c1. The van der Waals surface area contributed by atoms with E-state index in [4.69, 9.17) is 9.72 Å². The summed E-state index contributed by atoms with van der Waals surface area (Å²) in [4.78, 5) is 21.9. The van der Waals surface area contributed by atoms with Gasteiger partial charge >= 0.3 is 0 Å². The van der Waals surface area contributed by atoms with E-state index in [0.717, 1.165) is 75.8 Å². The number of ether oxygens (including phenoxy) is 1. The van der Waals surface area contributed by atoms with Gasteiger partial charge in [0.1, 0.15) is 23.6 Å². The zero-order valence-corrected chi connectivity index (χ0v) is 20.7. The van der Waals surface area contributed by atoms with Crippen LogP contribution in [0, 0.1) is 0 Å². The molecule has 9 heteroatoms. The quantitative estimate of drug-likeness (QED) is 0.353. The number of nitrogens with zero attached hydrogens (tertiary/aromatic N) is 6. The van der Waals surface area contributed by atoms with Crippen molar-refractivity contribution in [3.05, 3.63) is 48.9 Å². The summed E-state index contributed by atoms with van der Waals surface area (Å²) in [5.41, 5.74) is 5.65. The van der Waals surface area contributed by atoms with Crippen LogP contribution in [0.5, 0.6) is 5.75 Å². The van der Waals surface area contributed by atoms with Gasteiger partial charge in [-0.05, 0) is 63.2 Å². The molecule has 5 aromatic rings. The summed E-state index contributed by atoms with van der Waals surface area (Å²) in [5.74, 6) is 2.45. The molecule has 2 N–H and O–H groups in total. The summed E-state index contributed by atoms with van der Waals surface area (Å²) >= 11 is 0. The number of aromatic nitrogens is 6. The zero-order valence-electron chi connectivity index (χ0n) is 20.7. The van der Waals surface area contributed by atoms with Gasteiger partial charge in [-0.3, -0.25) is 10.1 Å². The van der Waals surface area contributed by atoms with Gasteiger partial charge in [-0.15, -0.1) is 0 Å². The van der Waals surface area contributed by atoms with Gasteiger partial charge in [-0.1, -0.05) is 6.07 Å². The minimum atomic E-state index is 0.614. The topological polar surface area (TPSA) is 98.8 Å². The molecule has 36 heavy (non-hydrogen) atoms. The first-order valence-corrected chi connectivity index (χ1v) is 12.5. The molecule has 0 unspecified atom stereocenters. The van der Waals surface area contributed by atoms with Gasteiger partial charge in [-0.2, -0.15) is 5.10 Å². The molecule has 5 heterocycles. The van der Waals surface area contributed by atoms with Crippen molar-refractivity contribution >= 4 is 27.8 Å². The van der Waals surface area contributed by atoms with E-state index < -0.39 is 0 Å². The van der Waals surface area contributed by atoms with Gasteiger partial charge in [-0.25, -0.2) is 9.97 Å². The molecule has 1 saturated heterocycles. The minimum Gasteiger partial charge on any atom is -0.491 e. The Hall–Kier alpha value is -3.98. The van der Waals surface area contributed by atoms with Crippen molar-refractivity contribution in [2.24, 2.45) is 0 Å². The van der Waals surface area contributed by atoms with Crippen LogP contribution in [-0.2, 0) is 0 Å². The zero-order chi connectivity index (χ0) is 24.5. The summed E-state index contributed by atoms with van der Waals surface area (Å²) in [5, 5.41) is 8.77. The second-order valence-electron chi connectivity index (χ2n) is 9.56. The van der Waals surface area contributed by atoms with E-state index in [-0.39, 0.29) is 0 Å². The number of imidazole rings is 1. The number of hydrogen-bond donors (Lipinski definition) is 2. The van der Waals surface area contributed by atoms with Crippen LogP contribution in [0.3, 0.4) is 0 Å². The van der Waals surface area contributed by atoms with Crippen LogP contribution in [0.25, 0.3) is 44.6 Å². The Morgan fingerprint density at radius 2 is 1.89 bits per heavy atom. The Kier molecular flexibility index (Phi) is 5.98. The van der Waals surface area contributed by atoms with E-state index in [2.05, 4.69) is 47.1 Å². The molecule has 0 aliphatic carbocycles. The van der Waals surface area contributed by atoms with Crippen LogP contribution in [0.4, 0.5) is 5.82 Å². The normalized spacial score (nSPS) is 14.2. The van der Waals surface area contributed by atoms with Crippen molar-refractivity contribution in [1.29, 1.82) is 0 Å². The van der Waals surface area contributed by atoms with Crippen molar-refractivity contribution in [2.45, 2.75) is 19.3 Å². The van der Waals surface area contributed by atoms with Gasteiger partial charge in [0, 0.05) is 43.0 Å². The van der Waals surface area contributed by atoms with Crippen LogP contribution in [0.15, 0.2) is 48.9 Å². The lowest BCUT2D eigenvalue weighted by molar-refractivity contribution is 0.261. The average molecular weight is 483 g/mol. The monoisotopic (exact) mass is 482 g/mol. The van der Waals surface area contributed by atoms with Crippen LogP contribution >= 0.6 is 0 Å². The lowest BCUT2D eigenvalue weighted by Gasteiger charge is -2.27. The molecule has 0 saturated carbocycles. The summed E-state index contributed by atoms with van der Waals surface area (Å²) in [6.45, 7) is 3.51. The second-order valence-corrected chi connectivity index (χ2v) is 9.56. The Labute approximate surface area is 209 Å². The molecule has 1 fully saturated rings. The van der Waals surface area contributed by atoms with Crippen molar-refractivity contribution in [2.75, 3.05) is 45.2 Å². The fourth-order valence-corrected chi connectivity index (χ4v) is 4.75. The van der Waals surface area contributed by atoms with E-state index in [1.807, 2.05) is 44.7 Å². The predicted molar refractivity (Wildman–Crippen MR) is 142 cm³/mol. The number of H-pyrrole nitrogens is 2. The van der Waals surface area contributed by atoms with Crippen molar-refractivity contribution < 1.29 is 4.74 Å². The third kappa shape index (κ3) is 4.37. The van der Waals surface area contributed by atoms with E-state index in [1.165, 1.54) is 19.3 Å². The summed E-state index contributed by atoms with van der Waals surface area (Å²) in [6.07, 6.45) is 9.13. The number of nitrogens with one attached hydrogen (secondary N) is 2. The van der Waals surface area contributed by atoms with Crippen LogP contribution in [0.1, 0.15) is 19.3 Å². The molecule has 6 rings (SSSR count). The third-order valence-electron chi connectivity index (χ3n) is 6.68. The molecule has 0 spiro atoms. The average Bonchev–Trinajstić information content (AvgIpc) is 3.53. The second kappa shape index (κ2) is 9.58. The Bertz CT molecular complexity index is 1500. The maximum Gasteiger partial charge on any atom is 0.159 e. The van der Waals surface area contributed by atoms with Gasteiger partial charge in [0.05, 0.1) is 17.2 Å². The van der Waals surface area contributed by atoms with Crippen molar-refractivity contribution in [1.82, 2.24) is 35.0 Å². The number of rotatable bonds is 7. The molecule has 4 aromatic heterocycles.